The molecule has 5 rings (SSSR count). The highest BCUT2D eigenvalue weighted by atomic mass is 32.1. The van der Waals surface area contributed by atoms with Crippen LogP contribution in [0.3, 0.4) is 0 Å². The highest BCUT2D eigenvalue weighted by molar-refractivity contribution is 7.16. The summed E-state index contributed by atoms with van der Waals surface area (Å²) >= 11 is 1.60. The standard InChI is InChI=1S/C26H39N9OS/c1-5-19-14-18(15-20(6-2)35(19)23(36)16-34-10-8-33(4)9-11-34)27-26-29-24(21-7-12-37-25(21)30-26)28-22-13-17(3)31-32-22/h7,12-13,18-20H,5-6,8-11,14-16H2,1-4H3,(H3,27,28,29,30,31,32). The molecule has 2 unspecified atom stereocenters. The van der Waals surface area contributed by atoms with Crippen molar-refractivity contribution in [1.29, 1.82) is 0 Å². The molecule has 0 bridgehead atoms. The van der Waals surface area contributed by atoms with E-state index in [4.69, 9.17) is 9.97 Å². The molecule has 0 saturated carbocycles. The number of amides is 1. The van der Waals surface area contributed by atoms with Crippen LogP contribution in [0.2, 0.25) is 0 Å². The van der Waals surface area contributed by atoms with Crippen LogP contribution >= 0.6 is 11.3 Å². The molecule has 200 valence electrons. The number of piperazine rings is 1. The Morgan fingerprint density at radius 2 is 1.86 bits per heavy atom. The van der Waals surface area contributed by atoms with Crippen LogP contribution in [0.25, 0.3) is 10.2 Å². The van der Waals surface area contributed by atoms with E-state index >= 15 is 0 Å². The van der Waals surface area contributed by atoms with E-state index in [1.807, 2.05) is 24.4 Å². The van der Waals surface area contributed by atoms with Crippen LogP contribution in [0.5, 0.6) is 0 Å². The largest absolute Gasteiger partial charge is 0.351 e. The molecule has 2 atom stereocenters. The lowest BCUT2D eigenvalue weighted by Gasteiger charge is -2.46. The molecule has 2 fully saturated rings. The lowest BCUT2D eigenvalue weighted by atomic mass is 9.88. The van der Waals surface area contributed by atoms with Crippen LogP contribution in [0.15, 0.2) is 17.5 Å². The molecule has 3 aromatic rings. The van der Waals surface area contributed by atoms with E-state index in [0.29, 0.717) is 12.5 Å². The molecule has 3 aromatic heterocycles. The molecule has 37 heavy (non-hydrogen) atoms. The molecule has 5 heterocycles. The normalized spacial score (nSPS) is 23.5. The Balaban J connectivity index is 1.30. The number of piperidine rings is 1. The number of aryl methyl sites for hydroxylation is 1. The Hall–Kier alpha value is -2.76. The van der Waals surface area contributed by atoms with Crippen molar-refractivity contribution >= 4 is 45.0 Å². The van der Waals surface area contributed by atoms with Gasteiger partial charge in [0.2, 0.25) is 11.9 Å². The summed E-state index contributed by atoms with van der Waals surface area (Å²) in [6.07, 6.45) is 3.68. The minimum Gasteiger partial charge on any atom is -0.351 e. The van der Waals surface area contributed by atoms with Crippen LogP contribution in [0.1, 0.15) is 45.2 Å². The van der Waals surface area contributed by atoms with Gasteiger partial charge in [-0.1, -0.05) is 13.8 Å². The lowest BCUT2D eigenvalue weighted by molar-refractivity contribution is -0.140. The van der Waals surface area contributed by atoms with Crippen molar-refractivity contribution in [2.75, 3.05) is 50.4 Å². The number of fused-ring (bicyclic) bond motifs is 1. The number of aromatic nitrogens is 4. The maximum absolute atomic E-state index is 13.5. The van der Waals surface area contributed by atoms with E-state index in [-0.39, 0.29) is 24.0 Å². The zero-order valence-electron chi connectivity index (χ0n) is 22.3. The first-order valence-corrected chi connectivity index (χ1v) is 14.3. The van der Waals surface area contributed by atoms with Gasteiger partial charge in [0.1, 0.15) is 10.6 Å². The summed E-state index contributed by atoms with van der Waals surface area (Å²) in [5.41, 5.74) is 0.988. The predicted molar refractivity (Wildman–Crippen MR) is 150 cm³/mol. The molecule has 2 saturated heterocycles. The van der Waals surface area contributed by atoms with E-state index in [1.54, 1.807) is 11.3 Å². The second-order valence-electron chi connectivity index (χ2n) is 10.4. The Kier molecular flexibility index (Phi) is 7.92. The van der Waals surface area contributed by atoms with Gasteiger partial charge < -0.3 is 20.4 Å². The Morgan fingerprint density at radius 3 is 2.51 bits per heavy atom. The summed E-state index contributed by atoms with van der Waals surface area (Å²) in [6, 6.07) is 4.63. The number of likely N-dealkylation sites (tertiary alicyclic amines) is 1. The summed E-state index contributed by atoms with van der Waals surface area (Å²) in [5.74, 6) is 2.38. The Morgan fingerprint density at radius 1 is 1.14 bits per heavy atom. The summed E-state index contributed by atoms with van der Waals surface area (Å²) in [4.78, 5) is 30.9. The topological polar surface area (TPSA) is 105 Å². The molecule has 2 aliphatic rings. The molecule has 0 spiro atoms. The highest BCUT2D eigenvalue weighted by Crippen LogP contribution is 2.32. The zero-order valence-corrected chi connectivity index (χ0v) is 23.1. The first kappa shape index (κ1) is 25.9. The van der Waals surface area contributed by atoms with Crippen molar-refractivity contribution in [3.63, 3.8) is 0 Å². The van der Waals surface area contributed by atoms with Gasteiger partial charge in [-0.25, -0.2) is 4.98 Å². The van der Waals surface area contributed by atoms with Crippen molar-refractivity contribution in [1.82, 2.24) is 34.9 Å². The predicted octanol–water partition coefficient (Wildman–Crippen LogP) is 3.67. The van der Waals surface area contributed by atoms with E-state index < -0.39 is 0 Å². The maximum atomic E-state index is 13.5. The molecule has 10 nitrogen and oxygen atoms in total. The van der Waals surface area contributed by atoms with Crippen molar-refractivity contribution < 1.29 is 4.79 Å². The molecule has 2 aliphatic heterocycles. The monoisotopic (exact) mass is 525 g/mol. The van der Waals surface area contributed by atoms with Crippen LogP contribution in [0, 0.1) is 6.92 Å². The number of carbonyl (C=O) groups is 1. The number of nitrogens with one attached hydrogen (secondary N) is 3. The maximum Gasteiger partial charge on any atom is 0.237 e. The van der Waals surface area contributed by atoms with Crippen LogP contribution < -0.4 is 10.6 Å². The van der Waals surface area contributed by atoms with Crippen molar-refractivity contribution in [3.05, 3.63) is 23.2 Å². The second-order valence-corrected chi connectivity index (χ2v) is 11.3. The lowest BCUT2D eigenvalue weighted by Crippen LogP contribution is -2.57. The molecule has 3 N–H and O–H groups in total. The van der Waals surface area contributed by atoms with Crippen LogP contribution in [0.4, 0.5) is 17.6 Å². The number of rotatable bonds is 8. The van der Waals surface area contributed by atoms with E-state index in [1.165, 1.54) is 0 Å². The van der Waals surface area contributed by atoms with E-state index in [2.05, 4.69) is 56.4 Å². The average Bonchev–Trinajstić information content (AvgIpc) is 3.53. The number of carbonyl (C=O) groups excluding carboxylic acids is 1. The van der Waals surface area contributed by atoms with Crippen molar-refractivity contribution in [2.45, 2.75) is 64.6 Å². The first-order chi connectivity index (χ1) is 17.9. The van der Waals surface area contributed by atoms with E-state index in [0.717, 1.165) is 79.4 Å². The van der Waals surface area contributed by atoms with Gasteiger partial charge in [0.15, 0.2) is 5.82 Å². The van der Waals surface area contributed by atoms with Gasteiger partial charge in [0.25, 0.3) is 0 Å². The van der Waals surface area contributed by atoms with Gasteiger partial charge in [-0.3, -0.25) is 14.8 Å². The second kappa shape index (κ2) is 11.3. The fraction of sp³-hybridized carbons (Fsp3) is 0.615. The summed E-state index contributed by atoms with van der Waals surface area (Å²) in [7, 11) is 2.15. The summed E-state index contributed by atoms with van der Waals surface area (Å²) in [6.45, 7) is 10.9. The third-order valence-electron chi connectivity index (χ3n) is 7.70. The molecule has 0 aliphatic carbocycles. The summed E-state index contributed by atoms with van der Waals surface area (Å²) in [5, 5.41) is 17.3. The highest BCUT2D eigenvalue weighted by Gasteiger charge is 2.37. The van der Waals surface area contributed by atoms with Crippen LogP contribution in [-0.2, 0) is 4.79 Å². The number of H-pyrrole nitrogens is 1. The van der Waals surface area contributed by atoms with Gasteiger partial charge in [0.05, 0.1) is 11.9 Å². The van der Waals surface area contributed by atoms with Gasteiger partial charge in [-0.2, -0.15) is 10.1 Å². The van der Waals surface area contributed by atoms with Gasteiger partial charge in [-0.05, 0) is 51.1 Å². The minimum absolute atomic E-state index is 0.209. The van der Waals surface area contributed by atoms with Gasteiger partial charge in [0, 0.05) is 56.1 Å². The number of likely N-dealkylation sites (N-methyl/N-ethyl adjacent to an activating group) is 1. The zero-order chi connectivity index (χ0) is 25.9. The molecule has 11 heteroatoms. The fourth-order valence-corrected chi connectivity index (χ4v) is 6.37. The number of anilines is 3. The SMILES string of the molecule is CCC1CC(Nc2nc(Nc3cc(C)[nH]n3)c3ccsc3n2)CC(CC)N1C(=O)CN1CCN(C)CC1. The average molecular weight is 526 g/mol. The van der Waals surface area contributed by atoms with Crippen molar-refractivity contribution in [2.24, 2.45) is 0 Å². The third kappa shape index (κ3) is 5.89. The molecule has 1 amide bonds. The van der Waals surface area contributed by atoms with Gasteiger partial charge in [-0.15, -0.1) is 11.3 Å². The Labute approximate surface area is 222 Å². The van der Waals surface area contributed by atoms with Gasteiger partial charge >= 0.3 is 0 Å². The smallest absolute Gasteiger partial charge is 0.237 e. The third-order valence-corrected chi connectivity index (χ3v) is 8.50. The Bertz CT molecular complexity index is 1190. The summed E-state index contributed by atoms with van der Waals surface area (Å²) < 4.78 is 0. The number of aromatic amines is 1. The quantitative estimate of drug-likeness (QED) is 0.409. The number of thiophene rings is 1. The minimum atomic E-state index is 0.209. The molecule has 0 aromatic carbocycles. The number of hydrogen-bond acceptors (Lipinski definition) is 9. The fourth-order valence-electron chi connectivity index (χ4n) is 5.61. The van der Waals surface area contributed by atoms with Crippen LogP contribution in [-0.4, -0.2) is 98.7 Å². The molecular weight excluding hydrogens is 486 g/mol. The van der Waals surface area contributed by atoms with Crippen molar-refractivity contribution in [3.8, 4) is 0 Å². The number of hydrogen-bond donors (Lipinski definition) is 3. The molecular formula is C26H39N9OS. The van der Waals surface area contributed by atoms with E-state index in [9.17, 15) is 4.79 Å². The first-order valence-electron chi connectivity index (χ1n) is 13.5. The number of nitrogens with zero attached hydrogens (tertiary/aromatic N) is 6. The molecule has 0 radical (unpaired) electrons.